The Hall–Kier alpha value is -1.62. The van der Waals surface area contributed by atoms with Crippen LogP contribution in [0.25, 0.3) is 0 Å². The van der Waals surface area contributed by atoms with E-state index in [0.29, 0.717) is 11.4 Å². The summed E-state index contributed by atoms with van der Waals surface area (Å²) >= 11 is 0. The van der Waals surface area contributed by atoms with Crippen molar-refractivity contribution in [1.82, 2.24) is 10.3 Å². The van der Waals surface area contributed by atoms with Gasteiger partial charge >= 0.3 is 0 Å². The molecule has 0 radical (unpaired) electrons. The fourth-order valence-corrected chi connectivity index (χ4v) is 2.24. The van der Waals surface area contributed by atoms with E-state index in [4.69, 9.17) is 5.73 Å². The number of nitrogen functional groups attached to an aromatic ring is 1. The molecule has 0 aliphatic heterocycles. The van der Waals surface area contributed by atoms with Gasteiger partial charge in [-0.2, -0.15) is 0 Å². The van der Waals surface area contributed by atoms with Crippen molar-refractivity contribution in [3.05, 3.63) is 24.0 Å². The number of nitrogens with two attached hydrogens (primary N) is 1. The Morgan fingerprint density at radius 2 is 2.22 bits per heavy atom. The van der Waals surface area contributed by atoms with Crippen molar-refractivity contribution in [2.24, 2.45) is 0 Å². The van der Waals surface area contributed by atoms with E-state index in [1.807, 2.05) is 0 Å². The molecule has 1 aromatic heterocycles. The predicted octanol–water partition coefficient (Wildman–Crippen LogP) is 0.626. The van der Waals surface area contributed by atoms with Gasteiger partial charge < -0.3 is 16.2 Å². The van der Waals surface area contributed by atoms with E-state index < -0.39 is 6.10 Å². The van der Waals surface area contributed by atoms with Crippen molar-refractivity contribution in [1.29, 1.82) is 0 Å². The first-order valence-corrected chi connectivity index (χ1v) is 6.33. The third kappa shape index (κ3) is 3.43. The minimum atomic E-state index is -0.415. The van der Waals surface area contributed by atoms with Gasteiger partial charge in [-0.1, -0.05) is 12.8 Å². The van der Waals surface area contributed by atoms with Gasteiger partial charge in [0.05, 0.1) is 30.5 Å². The zero-order valence-corrected chi connectivity index (χ0v) is 10.3. The van der Waals surface area contributed by atoms with E-state index in [1.165, 1.54) is 6.20 Å². The van der Waals surface area contributed by atoms with Crippen molar-refractivity contribution in [3.63, 3.8) is 0 Å². The summed E-state index contributed by atoms with van der Waals surface area (Å²) in [6, 6.07) is 3.36. The molecule has 1 aliphatic carbocycles. The van der Waals surface area contributed by atoms with Crippen LogP contribution in [0, 0.1) is 0 Å². The molecule has 4 N–H and O–H groups in total. The lowest BCUT2D eigenvalue weighted by Gasteiger charge is -2.28. The van der Waals surface area contributed by atoms with Crippen LogP contribution in [-0.2, 0) is 11.2 Å². The van der Waals surface area contributed by atoms with E-state index in [9.17, 15) is 9.90 Å². The number of anilines is 1. The topological polar surface area (TPSA) is 88.2 Å². The van der Waals surface area contributed by atoms with Crippen LogP contribution < -0.4 is 11.1 Å². The lowest BCUT2D eigenvalue weighted by Crippen LogP contribution is -2.45. The molecule has 1 aliphatic rings. The Labute approximate surface area is 106 Å². The molecular weight excluding hydrogens is 230 g/mol. The smallest absolute Gasteiger partial charge is 0.226 e. The predicted molar refractivity (Wildman–Crippen MR) is 68.8 cm³/mol. The van der Waals surface area contributed by atoms with Crippen LogP contribution in [0.4, 0.5) is 5.69 Å². The van der Waals surface area contributed by atoms with Gasteiger partial charge in [0.15, 0.2) is 0 Å². The number of carbonyl (C=O) groups excluding carboxylic acids is 1. The average Bonchev–Trinajstić information content (AvgIpc) is 2.35. The molecule has 18 heavy (non-hydrogen) atoms. The normalized spacial score (nSPS) is 23.6. The monoisotopic (exact) mass is 249 g/mol. The maximum Gasteiger partial charge on any atom is 0.226 e. The number of rotatable bonds is 3. The van der Waals surface area contributed by atoms with Crippen LogP contribution in [0.3, 0.4) is 0 Å². The standard InChI is InChI=1S/C13H19N3O2/c14-9-5-6-10(15-8-9)7-13(18)16-11-3-1-2-4-12(11)17/h5-6,8,11-12,17H,1-4,7,14H2,(H,16,18)/t11-,12-/m0/s1. The molecule has 0 aromatic carbocycles. The molecule has 0 bridgehead atoms. The minimum Gasteiger partial charge on any atom is -0.397 e. The number of nitrogens with zero attached hydrogens (tertiary/aromatic N) is 1. The summed E-state index contributed by atoms with van der Waals surface area (Å²) in [4.78, 5) is 15.9. The van der Waals surface area contributed by atoms with E-state index >= 15 is 0 Å². The largest absolute Gasteiger partial charge is 0.397 e. The molecule has 2 atom stereocenters. The molecule has 0 spiro atoms. The van der Waals surface area contributed by atoms with Gasteiger partial charge in [-0.05, 0) is 25.0 Å². The third-order valence-electron chi connectivity index (χ3n) is 3.27. The minimum absolute atomic E-state index is 0.0989. The van der Waals surface area contributed by atoms with E-state index in [-0.39, 0.29) is 18.4 Å². The Morgan fingerprint density at radius 3 is 2.89 bits per heavy atom. The van der Waals surface area contributed by atoms with Crippen molar-refractivity contribution < 1.29 is 9.90 Å². The summed E-state index contributed by atoms with van der Waals surface area (Å²) in [5.41, 5.74) is 6.80. The molecule has 5 heteroatoms. The maximum atomic E-state index is 11.8. The first-order valence-electron chi connectivity index (χ1n) is 6.33. The van der Waals surface area contributed by atoms with Crippen molar-refractivity contribution in [2.75, 3.05) is 5.73 Å². The number of aliphatic hydroxyl groups is 1. The zero-order chi connectivity index (χ0) is 13.0. The van der Waals surface area contributed by atoms with Crippen molar-refractivity contribution in [2.45, 2.75) is 44.2 Å². The summed E-state index contributed by atoms with van der Waals surface area (Å²) < 4.78 is 0. The number of hydrogen-bond donors (Lipinski definition) is 3. The number of amides is 1. The molecule has 2 rings (SSSR count). The van der Waals surface area contributed by atoms with Gasteiger partial charge in [0, 0.05) is 5.69 Å². The van der Waals surface area contributed by atoms with E-state index in [0.717, 1.165) is 25.7 Å². The molecule has 1 heterocycles. The van der Waals surface area contributed by atoms with Gasteiger partial charge in [-0.25, -0.2) is 0 Å². The highest BCUT2D eigenvalue weighted by molar-refractivity contribution is 5.78. The Balaban J connectivity index is 1.86. The first kappa shape index (κ1) is 12.8. The molecule has 0 unspecified atom stereocenters. The molecule has 1 amide bonds. The first-order chi connectivity index (χ1) is 8.65. The number of nitrogens with one attached hydrogen (secondary N) is 1. The van der Waals surface area contributed by atoms with Crippen LogP contribution in [0.5, 0.6) is 0 Å². The zero-order valence-electron chi connectivity index (χ0n) is 10.3. The lowest BCUT2D eigenvalue weighted by molar-refractivity contribution is -0.122. The molecule has 1 fully saturated rings. The second-order valence-corrected chi connectivity index (χ2v) is 4.79. The van der Waals surface area contributed by atoms with Crippen LogP contribution in [0.1, 0.15) is 31.4 Å². The summed E-state index contributed by atoms with van der Waals surface area (Å²) in [6.07, 6.45) is 5.06. The summed E-state index contributed by atoms with van der Waals surface area (Å²) in [7, 11) is 0. The Kier molecular flexibility index (Phi) is 4.15. The van der Waals surface area contributed by atoms with Crippen LogP contribution in [-0.4, -0.2) is 28.1 Å². The van der Waals surface area contributed by atoms with Gasteiger partial charge in [-0.15, -0.1) is 0 Å². The fourth-order valence-electron chi connectivity index (χ4n) is 2.24. The summed E-state index contributed by atoms with van der Waals surface area (Å²) in [5, 5.41) is 12.6. The molecule has 1 aromatic rings. The van der Waals surface area contributed by atoms with E-state index in [2.05, 4.69) is 10.3 Å². The summed E-state index contributed by atoms with van der Waals surface area (Å²) in [5.74, 6) is -0.0989. The highest BCUT2D eigenvalue weighted by Gasteiger charge is 2.24. The van der Waals surface area contributed by atoms with Gasteiger partial charge in [0.1, 0.15) is 0 Å². The van der Waals surface area contributed by atoms with Crippen LogP contribution >= 0.6 is 0 Å². The number of hydrogen-bond acceptors (Lipinski definition) is 4. The van der Waals surface area contributed by atoms with Crippen molar-refractivity contribution >= 4 is 11.6 Å². The SMILES string of the molecule is Nc1ccc(CC(=O)N[C@H]2CCCC[C@@H]2O)nc1. The van der Waals surface area contributed by atoms with Crippen LogP contribution in [0.2, 0.25) is 0 Å². The molecular formula is C13H19N3O2. The number of aromatic nitrogens is 1. The Bertz CT molecular complexity index is 405. The lowest BCUT2D eigenvalue weighted by atomic mass is 9.92. The van der Waals surface area contributed by atoms with Crippen LogP contribution in [0.15, 0.2) is 18.3 Å². The molecule has 0 saturated heterocycles. The second kappa shape index (κ2) is 5.82. The molecule has 98 valence electrons. The number of aliphatic hydroxyl groups excluding tert-OH is 1. The van der Waals surface area contributed by atoms with Gasteiger partial charge in [0.25, 0.3) is 0 Å². The fraction of sp³-hybridized carbons (Fsp3) is 0.538. The third-order valence-corrected chi connectivity index (χ3v) is 3.27. The molecule has 1 saturated carbocycles. The van der Waals surface area contributed by atoms with E-state index in [1.54, 1.807) is 12.1 Å². The summed E-state index contributed by atoms with van der Waals surface area (Å²) in [6.45, 7) is 0. The van der Waals surface area contributed by atoms with Crippen molar-refractivity contribution in [3.8, 4) is 0 Å². The quantitative estimate of drug-likeness (QED) is 0.733. The number of carbonyl (C=O) groups is 1. The van der Waals surface area contributed by atoms with Gasteiger partial charge in [0.2, 0.25) is 5.91 Å². The number of pyridine rings is 1. The second-order valence-electron chi connectivity index (χ2n) is 4.79. The Morgan fingerprint density at radius 1 is 1.44 bits per heavy atom. The van der Waals surface area contributed by atoms with Gasteiger partial charge in [-0.3, -0.25) is 9.78 Å². The highest BCUT2D eigenvalue weighted by Crippen LogP contribution is 2.18. The molecule has 5 nitrogen and oxygen atoms in total. The average molecular weight is 249 g/mol. The highest BCUT2D eigenvalue weighted by atomic mass is 16.3. The maximum absolute atomic E-state index is 11.8.